The summed E-state index contributed by atoms with van der Waals surface area (Å²) in [4.78, 5) is 21.5. The molecule has 5 rings (SSSR count). The summed E-state index contributed by atoms with van der Waals surface area (Å²) in [5.41, 5.74) is 0.273. The molecule has 0 aliphatic rings. The maximum Gasteiger partial charge on any atom is 0.405 e. The first-order chi connectivity index (χ1) is 17.1. The van der Waals surface area contributed by atoms with Crippen molar-refractivity contribution in [3.63, 3.8) is 0 Å². The molecule has 5 aromatic rings. The van der Waals surface area contributed by atoms with E-state index in [-0.39, 0.29) is 28.0 Å². The molecule has 4 aromatic heterocycles. The van der Waals surface area contributed by atoms with Gasteiger partial charge in [0.2, 0.25) is 0 Å². The van der Waals surface area contributed by atoms with E-state index in [4.69, 9.17) is 0 Å². The molecule has 1 N–H and O–H groups in total. The molecule has 0 atom stereocenters. The molecule has 8 nitrogen and oxygen atoms in total. The van der Waals surface area contributed by atoms with Gasteiger partial charge >= 0.3 is 6.18 Å². The van der Waals surface area contributed by atoms with Crippen LogP contribution in [0.25, 0.3) is 38.8 Å². The molecule has 0 aliphatic heterocycles. The Kier molecular flexibility index (Phi) is 5.61. The SMILES string of the molecule is Cn1cc2cc(-n3nc4ccc(NCC(F)(F)F)nc4c(-c4ccc(C(F)F)nc4)c3=O)ccc2n1. The number of benzene rings is 1. The highest BCUT2D eigenvalue weighted by molar-refractivity contribution is 5.91. The Balaban J connectivity index is 1.72. The molecular formula is C23H16F5N7O. The van der Waals surface area contributed by atoms with Gasteiger partial charge in [-0.3, -0.25) is 14.5 Å². The van der Waals surface area contributed by atoms with E-state index in [1.54, 1.807) is 36.1 Å². The molecule has 4 heterocycles. The molecule has 0 aliphatic carbocycles. The summed E-state index contributed by atoms with van der Waals surface area (Å²) >= 11 is 0. The first-order valence-corrected chi connectivity index (χ1v) is 10.5. The van der Waals surface area contributed by atoms with Crippen LogP contribution in [0.1, 0.15) is 12.1 Å². The zero-order valence-corrected chi connectivity index (χ0v) is 18.5. The van der Waals surface area contributed by atoms with Gasteiger partial charge in [-0.2, -0.15) is 28.1 Å². The first kappa shape index (κ1) is 23.3. The zero-order chi connectivity index (χ0) is 25.6. The maximum absolute atomic E-state index is 13.6. The van der Waals surface area contributed by atoms with E-state index in [1.165, 1.54) is 18.2 Å². The van der Waals surface area contributed by atoms with Crippen molar-refractivity contribution in [1.29, 1.82) is 0 Å². The van der Waals surface area contributed by atoms with Crippen molar-refractivity contribution in [2.75, 3.05) is 11.9 Å². The van der Waals surface area contributed by atoms with Crippen molar-refractivity contribution in [3.05, 3.63) is 70.9 Å². The number of alkyl halides is 5. The lowest BCUT2D eigenvalue weighted by atomic mass is 10.1. The van der Waals surface area contributed by atoms with Crippen LogP contribution in [0.4, 0.5) is 27.8 Å². The Hall–Kier alpha value is -4.42. The second-order valence-electron chi connectivity index (χ2n) is 7.94. The van der Waals surface area contributed by atoms with E-state index in [2.05, 4.69) is 25.5 Å². The van der Waals surface area contributed by atoms with Crippen LogP contribution in [-0.2, 0) is 7.05 Å². The van der Waals surface area contributed by atoms with Crippen molar-refractivity contribution in [2.45, 2.75) is 12.6 Å². The lowest BCUT2D eigenvalue weighted by Crippen LogP contribution is -2.24. The van der Waals surface area contributed by atoms with Crippen LogP contribution in [0.2, 0.25) is 0 Å². The summed E-state index contributed by atoms with van der Waals surface area (Å²) in [5.74, 6) is -0.131. The van der Waals surface area contributed by atoms with Gasteiger partial charge < -0.3 is 5.32 Å². The summed E-state index contributed by atoms with van der Waals surface area (Å²) in [5, 5.41) is 11.6. The van der Waals surface area contributed by atoms with Crippen LogP contribution in [0.3, 0.4) is 0 Å². The van der Waals surface area contributed by atoms with Crippen LogP contribution in [-0.4, -0.2) is 42.2 Å². The zero-order valence-electron chi connectivity index (χ0n) is 18.5. The van der Waals surface area contributed by atoms with Crippen molar-refractivity contribution in [2.24, 2.45) is 7.05 Å². The van der Waals surface area contributed by atoms with E-state index in [0.29, 0.717) is 11.2 Å². The molecule has 0 radical (unpaired) electrons. The fourth-order valence-corrected chi connectivity index (χ4v) is 3.75. The van der Waals surface area contributed by atoms with Crippen molar-refractivity contribution < 1.29 is 22.0 Å². The molecule has 0 unspecified atom stereocenters. The molecule has 0 amide bonds. The number of halogens is 5. The predicted molar refractivity (Wildman–Crippen MR) is 122 cm³/mol. The van der Waals surface area contributed by atoms with Gasteiger partial charge in [0.05, 0.1) is 16.8 Å². The maximum atomic E-state index is 13.6. The van der Waals surface area contributed by atoms with Crippen molar-refractivity contribution in [1.82, 2.24) is 29.5 Å². The van der Waals surface area contributed by atoms with Gasteiger partial charge in [-0.05, 0) is 36.4 Å². The monoisotopic (exact) mass is 501 g/mol. The number of nitrogens with zero attached hydrogens (tertiary/aromatic N) is 6. The number of pyridine rings is 2. The number of rotatable bonds is 5. The van der Waals surface area contributed by atoms with Crippen LogP contribution >= 0.6 is 0 Å². The molecule has 13 heteroatoms. The number of aromatic nitrogens is 6. The Morgan fingerprint density at radius 1 is 1.03 bits per heavy atom. The van der Waals surface area contributed by atoms with Crippen LogP contribution in [0.15, 0.2) is 59.7 Å². The fourth-order valence-electron chi connectivity index (χ4n) is 3.75. The largest absolute Gasteiger partial charge is 0.405 e. The summed E-state index contributed by atoms with van der Waals surface area (Å²) in [6.07, 6.45) is -4.43. The van der Waals surface area contributed by atoms with Crippen LogP contribution in [0, 0.1) is 0 Å². The Bertz CT molecular complexity index is 1640. The molecule has 0 bridgehead atoms. The number of aryl methyl sites for hydroxylation is 1. The van der Waals surface area contributed by atoms with Crippen molar-refractivity contribution >= 4 is 27.8 Å². The lowest BCUT2D eigenvalue weighted by molar-refractivity contribution is -0.115. The Morgan fingerprint density at radius 3 is 2.50 bits per heavy atom. The van der Waals surface area contributed by atoms with E-state index in [9.17, 15) is 26.7 Å². The average Bonchev–Trinajstić information content (AvgIpc) is 3.21. The second kappa shape index (κ2) is 8.66. The summed E-state index contributed by atoms with van der Waals surface area (Å²) < 4.78 is 66.9. The minimum atomic E-state index is -4.49. The molecule has 0 saturated carbocycles. The molecule has 0 fully saturated rings. The highest BCUT2D eigenvalue weighted by Crippen LogP contribution is 2.27. The van der Waals surface area contributed by atoms with E-state index in [0.717, 1.165) is 22.3 Å². The molecule has 0 saturated heterocycles. The van der Waals surface area contributed by atoms with Gasteiger partial charge in [-0.15, -0.1) is 0 Å². The fraction of sp³-hybridized carbons (Fsp3) is 0.174. The number of anilines is 1. The summed E-state index contributed by atoms with van der Waals surface area (Å²) in [7, 11) is 1.75. The van der Waals surface area contributed by atoms with E-state index < -0.39 is 30.4 Å². The van der Waals surface area contributed by atoms with E-state index >= 15 is 0 Å². The highest BCUT2D eigenvalue weighted by atomic mass is 19.4. The summed E-state index contributed by atoms with van der Waals surface area (Å²) in [6.45, 7) is -1.33. The highest BCUT2D eigenvalue weighted by Gasteiger charge is 2.27. The average molecular weight is 501 g/mol. The normalized spacial score (nSPS) is 12.1. The van der Waals surface area contributed by atoms with E-state index in [1.807, 2.05) is 0 Å². The number of hydrogen-bond donors (Lipinski definition) is 1. The minimum absolute atomic E-state index is 0.00234. The Labute approximate surface area is 199 Å². The number of hydrogen-bond acceptors (Lipinski definition) is 6. The minimum Gasteiger partial charge on any atom is -0.361 e. The third-order valence-corrected chi connectivity index (χ3v) is 5.34. The standard InChI is InChI=1S/C23H16F5N7O/c1-34-10-13-8-14(3-5-15(13)32-34)35-22(36)19(12-2-4-17(21(24)25)29-9-12)20-16(33-35)6-7-18(31-20)30-11-23(26,27)28/h2-10,21H,11H2,1H3,(H,30,31). The number of fused-ring (bicyclic) bond motifs is 2. The predicted octanol–water partition coefficient (Wildman–Crippen LogP) is 4.64. The van der Waals surface area contributed by atoms with Gasteiger partial charge in [0.1, 0.15) is 29.1 Å². The Morgan fingerprint density at radius 2 is 1.81 bits per heavy atom. The van der Waals surface area contributed by atoms with Gasteiger partial charge in [0.15, 0.2) is 0 Å². The molecule has 36 heavy (non-hydrogen) atoms. The van der Waals surface area contributed by atoms with Crippen LogP contribution < -0.4 is 10.9 Å². The second-order valence-corrected chi connectivity index (χ2v) is 7.94. The van der Waals surface area contributed by atoms with Crippen molar-refractivity contribution in [3.8, 4) is 16.8 Å². The van der Waals surface area contributed by atoms with Gasteiger partial charge in [-0.25, -0.2) is 13.8 Å². The smallest absolute Gasteiger partial charge is 0.361 e. The number of nitrogens with one attached hydrogen (secondary N) is 1. The molecular weight excluding hydrogens is 485 g/mol. The van der Waals surface area contributed by atoms with Gasteiger partial charge in [0.25, 0.3) is 12.0 Å². The third kappa shape index (κ3) is 4.46. The van der Waals surface area contributed by atoms with Gasteiger partial charge in [0, 0.05) is 30.4 Å². The molecule has 0 spiro atoms. The lowest BCUT2D eigenvalue weighted by Gasteiger charge is -2.13. The molecule has 1 aromatic carbocycles. The first-order valence-electron chi connectivity index (χ1n) is 10.5. The molecule has 184 valence electrons. The topological polar surface area (TPSA) is 90.5 Å². The summed E-state index contributed by atoms with van der Waals surface area (Å²) in [6, 6.07) is 10.2. The third-order valence-electron chi connectivity index (χ3n) is 5.34. The quantitative estimate of drug-likeness (QED) is 0.353. The van der Waals surface area contributed by atoms with Crippen LogP contribution in [0.5, 0.6) is 0 Å². The van der Waals surface area contributed by atoms with Gasteiger partial charge in [-0.1, -0.05) is 6.07 Å².